The van der Waals surface area contributed by atoms with E-state index in [4.69, 9.17) is 4.98 Å². The van der Waals surface area contributed by atoms with Crippen molar-refractivity contribution in [2.45, 2.75) is 26.4 Å². The van der Waals surface area contributed by atoms with Gasteiger partial charge in [-0.25, -0.2) is 4.98 Å². The molecule has 122 valence electrons. The van der Waals surface area contributed by atoms with Crippen molar-refractivity contribution in [2.75, 3.05) is 18.0 Å². The number of aliphatic hydroxyl groups excluding tert-OH is 1. The molecule has 1 saturated heterocycles. The summed E-state index contributed by atoms with van der Waals surface area (Å²) in [5, 5.41) is 10.7. The highest BCUT2D eigenvalue weighted by molar-refractivity contribution is 9.10. The van der Waals surface area contributed by atoms with Crippen LogP contribution >= 0.6 is 15.9 Å². The third-order valence-electron chi connectivity index (χ3n) is 5.19. The first-order valence-corrected chi connectivity index (χ1v) is 8.80. The molecule has 2 aliphatic rings. The molecule has 2 aromatic rings. The van der Waals surface area contributed by atoms with E-state index in [0.29, 0.717) is 22.4 Å². The maximum absolute atomic E-state index is 12.9. The minimum atomic E-state index is -0.663. The Morgan fingerprint density at radius 1 is 1.39 bits per heavy atom. The van der Waals surface area contributed by atoms with E-state index in [1.807, 2.05) is 13.0 Å². The molecule has 23 heavy (non-hydrogen) atoms. The van der Waals surface area contributed by atoms with E-state index in [-0.39, 0.29) is 5.56 Å². The zero-order valence-electron chi connectivity index (χ0n) is 13.5. The van der Waals surface area contributed by atoms with Crippen LogP contribution in [-0.2, 0) is 7.05 Å². The van der Waals surface area contributed by atoms with E-state index in [9.17, 15) is 9.90 Å². The molecule has 0 amide bonds. The molecule has 0 bridgehead atoms. The smallest absolute Gasteiger partial charge is 0.263 e. The van der Waals surface area contributed by atoms with Crippen LogP contribution in [0, 0.1) is 18.8 Å². The molecule has 6 heteroatoms. The van der Waals surface area contributed by atoms with Gasteiger partial charge in [0.2, 0.25) is 5.95 Å². The van der Waals surface area contributed by atoms with Gasteiger partial charge in [-0.2, -0.15) is 0 Å². The molecule has 1 aromatic carbocycles. The Morgan fingerprint density at radius 2 is 2.04 bits per heavy atom. The Bertz CT molecular complexity index is 864. The lowest BCUT2D eigenvalue weighted by Crippen LogP contribution is -2.31. The number of fused-ring (bicyclic) bond motifs is 2. The Kier molecular flexibility index (Phi) is 3.32. The highest BCUT2D eigenvalue weighted by atomic mass is 79.9. The molecule has 3 atom stereocenters. The average molecular weight is 378 g/mol. The minimum Gasteiger partial charge on any atom is -0.389 e. The molecule has 1 N–H and O–H groups in total. The molecule has 3 unspecified atom stereocenters. The van der Waals surface area contributed by atoms with Crippen molar-refractivity contribution in [2.24, 2.45) is 18.9 Å². The van der Waals surface area contributed by atoms with Crippen molar-refractivity contribution in [3.63, 3.8) is 0 Å². The first-order valence-electron chi connectivity index (χ1n) is 8.01. The molecule has 1 saturated carbocycles. The van der Waals surface area contributed by atoms with E-state index >= 15 is 0 Å². The first-order chi connectivity index (χ1) is 10.9. The zero-order chi connectivity index (χ0) is 16.5. The number of rotatable bonds is 2. The van der Waals surface area contributed by atoms with Gasteiger partial charge in [0.05, 0.1) is 17.0 Å². The summed E-state index contributed by atoms with van der Waals surface area (Å²) in [7, 11) is 1.78. The molecule has 1 aromatic heterocycles. The first kappa shape index (κ1) is 15.1. The van der Waals surface area contributed by atoms with Crippen LogP contribution in [0.2, 0.25) is 0 Å². The van der Waals surface area contributed by atoms with Crippen molar-refractivity contribution in [3.8, 4) is 0 Å². The van der Waals surface area contributed by atoms with Crippen LogP contribution in [0.3, 0.4) is 0 Å². The summed E-state index contributed by atoms with van der Waals surface area (Å²) in [6.45, 7) is 5.60. The van der Waals surface area contributed by atoms with Crippen LogP contribution in [-0.4, -0.2) is 27.7 Å². The van der Waals surface area contributed by atoms with Gasteiger partial charge in [0.1, 0.15) is 0 Å². The van der Waals surface area contributed by atoms with Crippen molar-refractivity contribution in [3.05, 3.63) is 32.0 Å². The number of anilines is 1. The van der Waals surface area contributed by atoms with Crippen molar-refractivity contribution >= 4 is 32.8 Å². The lowest BCUT2D eigenvalue weighted by Gasteiger charge is -2.23. The number of halogens is 1. The summed E-state index contributed by atoms with van der Waals surface area (Å²) in [4.78, 5) is 19.9. The Balaban J connectivity index is 2.00. The summed E-state index contributed by atoms with van der Waals surface area (Å²) in [5.41, 5.74) is 2.19. The molecule has 2 heterocycles. The van der Waals surface area contributed by atoms with Gasteiger partial charge in [0.15, 0.2) is 0 Å². The van der Waals surface area contributed by atoms with E-state index in [1.54, 1.807) is 18.5 Å². The quantitative estimate of drug-likeness (QED) is 0.873. The molecule has 0 radical (unpaired) electrons. The average Bonchev–Trinajstić information content (AvgIpc) is 3.11. The third-order valence-corrected chi connectivity index (χ3v) is 6.21. The SMILES string of the molecule is Cc1cc(C(C)O)c2nc(N3CC4CC4C3)n(C)c(=O)c2c1Br. The fourth-order valence-corrected chi connectivity index (χ4v) is 4.19. The lowest BCUT2D eigenvalue weighted by atomic mass is 10.0. The molecular formula is C17H20BrN3O2. The number of aliphatic hydroxyl groups is 1. The second-order valence-electron chi connectivity index (χ2n) is 6.93. The van der Waals surface area contributed by atoms with Gasteiger partial charge < -0.3 is 10.0 Å². The Morgan fingerprint density at radius 3 is 2.65 bits per heavy atom. The summed E-state index contributed by atoms with van der Waals surface area (Å²) < 4.78 is 2.41. The summed E-state index contributed by atoms with van der Waals surface area (Å²) in [6, 6.07) is 1.91. The summed E-state index contributed by atoms with van der Waals surface area (Å²) in [5.74, 6) is 2.25. The van der Waals surface area contributed by atoms with Crippen LogP contribution in [0.4, 0.5) is 5.95 Å². The van der Waals surface area contributed by atoms with Gasteiger partial charge in [-0.1, -0.05) is 6.07 Å². The van der Waals surface area contributed by atoms with Crippen LogP contribution < -0.4 is 10.5 Å². The third kappa shape index (κ3) is 2.22. The summed E-state index contributed by atoms with van der Waals surface area (Å²) >= 11 is 3.53. The number of hydrogen-bond donors (Lipinski definition) is 1. The highest BCUT2D eigenvalue weighted by Gasteiger charge is 2.46. The number of aryl methyl sites for hydroxylation is 1. The molecule has 5 nitrogen and oxygen atoms in total. The number of nitrogens with zero attached hydrogens (tertiary/aromatic N) is 3. The minimum absolute atomic E-state index is 0.0666. The fraction of sp³-hybridized carbons (Fsp3) is 0.529. The normalized spacial score (nSPS) is 24.1. The van der Waals surface area contributed by atoms with Crippen molar-refractivity contribution in [1.29, 1.82) is 0 Å². The molecule has 2 fully saturated rings. The van der Waals surface area contributed by atoms with Crippen molar-refractivity contribution < 1.29 is 5.11 Å². The molecular weight excluding hydrogens is 358 g/mol. The predicted molar refractivity (Wildman–Crippen MR) is 93.9 cm³/mol. The number of benzene rings is 1. The molecule has 0 spiro atoms. The lowest BCUT2D eigenvalue weighted by molar-refractivity contribution is 0.200. The topological polar surface area (TPSA) is 58.4 Å². The second kappa shape index (κ2) is 5.05. The molecule has 1 aliphatic heterocycles. The van der Waals surface area contributed by atoms with E-state index < -0.39 is 6.10 Å². The van der Waals surface area contributed by atoms with Crippen LogP contribution in [0.15, 0.2) is 15.3 Å². The van der Waals surface area contributed by atoms with E-state index in [2.05, 4.69) is 20.8 Å². The van der Waals surface area contributed by atoms with Gasteiger partial charge in [0, 0.05) is 30.2 Å². The van der Waals surface area contributed by atoms with Crippen molar-refractivity contribution in [1.82, 2.24) is 9.55 Å². The molecule has 1 aliphatic carbocycles. The van der Waals surface area contributed by atoms with Crippen LogP contribution in [0.5, 0.6) is 0 Å². The predicted octanol–water partition coefficient (Wildman–Crippen LogP) is 2.51. The Labute approximate surface area is 143 Å². The number of hydrogen-bond acceptors (Lipinski definition) is 4. The van der Waals surface area contributed by atoms with Gasteiger partial charge >= 0.3 is 0 Å². The molecule has 4 rings (SSSR count). The van der Waals surface area contributed by atoms with Gasteiger partial charge in [0.25, 0.3) is 5.56 Å². The van der Waals surface area contributed by atoms with Crippen LogP contribution in [0.25, 0.3) is 10.9 Å². The fourth-order valence-electron chi connectivity index (χ4n) is 3.72. The highest BCUT2D eigenvalue weighted by Crippen LogP contribution is 2.46. The maximum atomic E-state index is 12.9. The van der Waals surface area contributed by atoms with Gasteiger partial charge in [-0.3, -0.25) is 9.36 Å². The monoisotopic (exact) mass is 377 g/mol. The number of piperidine rings is 1. The van der Waals surface area contributed by atoms with Crippen LogP contribution in [0.1, 0.15) is 30.6 Å². The largest absolute Gasteiger partial charge is 0.389 e. The zero-order valence-corrected chi connectivity index (χ0v) is 15.1. The number of aromatic nitrogens is 2. The standard InChI is InChI=1S/C17H20BrN3O2/c1-8-4-12(9(2)22)15-13(14(8)18)16(23)20(3)17(19-15)21-6-10-5-11(10)7-21/h4,9-11,22H,5-7H2,1-3H3. The van der Waals surface area contributed by atoms with Gasteiger partial charge in [-0.15, -0.1) is 0 Å². The Hall–Kier alpha value is -1.40. The second-order valence-corrected chi connectivity index (χ2v) is 7.73. The van der Waals surface area contributed by atoms with E-state index in [1.165, 1.54) is 6.42 Å². The maximum Gasteiger partial charge on any atom is 0.263 e. The van der Waals surface area contributed by atoms with Gasteiger partial charge in [-0.05, 0) is 53.6 Å². The van der Waals surface area contributed by atoms with E-state index in [0.717, 1.165) is 35.0 Å². The summed E-state index contributed by atoms with van der Waals surface area (Å²) in [6.07, 6.45) is 0.644.